The molecule has 1 heterocycles. The molecule has 2 rings (SSSR count). The molecule has 0 aliphatic carbocycles. The summed E-state index contributed by atoms with van der Waals surface area (Å²) < 4.78 is 1.42. The average molecular weight is 280 g/mol. The van der Waals surface area contributed by atoms with Gasteiger partial charge in [-0.2, -0.15) is 0 Å². The zero-order valence-electron chi connectivity index (χ0n) is 10.2. The van der Waals surface area contributed by atoms with Crippen LogP contribution >= 0.6 is 11.6 Å². The molecule has 5 heteroatoms. The highest BCUT2D eigenvalue weighted by Gasteiger charge is 2.06. The van der Waals surface area contributed by atoms with Crippen molar-refractivity contribution in [2.75, 3.05) is 0 Å². The summed E-state index contributed by atoms with van der Waals surface area (Å²) in [5.41, 5.74) is 1.49. The first-order valence-corrected chi connectivity index (χ1v) is 6.30. The summed E-state index contributed by atoms with van der Waals surface area (Å²) in [4.78, 5) is 10.6. The van der Waals surface area contributed by atoms with Crippen molar-refractivity contribution in [2.24, 2.45) is 0 Å². The van der Waals surface area contributed by atoms with E-state index < -0.39 is 0 Å². The maximum absolute atomic E-state index is 10.6. The highest BCUT2D eigenvalue weighted by molar-refractivity contribution is 6.31. The number of nitrogens with zero attached hydrogens (tertiary/aromatic N) is 1. The Labute approximate surface area is 115 Å². The first kappa shape index (κ1) is 13.5. The number of aldehydes is 1. The van der Waals surface area contributed by atoms with Crippen molar-refractivity contribution >= 4 is 17.9 Å². The number of aromatic hydroxyl groups is 2. The lowest BCUT2D eigenvalue weighted by molar-refractivity contribution is 0.112. The molecule has 0 fully saturated rings. The van der Waals surface area contributed by atoms with E-state index in [1.54, 1.807) is 12.1 Å². The minimum atomic E-state index is 0.0416. The Morgan fingerprint density at radius 1 is 1.16 bits per heavy atom. The van der Waals surface area contributed by atoms with Gasteiger partial charge in [0.15, 0.2) is 11.8 Å². The Morgan fingerprint density at radius 2 is 1.84 bits per heavy atom. The van der Waals surface area contributed by atoms with Gasteiger partial charge in [0.25, 0.3) is 0 Å². The molecule has 0 saturated carbocycles. The van der Waals surface area contributed by atoms with Gasteiger partial charge in [0.1, 0.15) is 6.29 Å². The lowest BCUT2D eigenvalue weighted by Gasteiger charge is -2.08. The summed E-state index contributed by atoms with van der Waals surface area (Å²) in [6.07, 6.45) is 2.18. The molecular formula is C14H14ClNO3. The SMILES string of the molecule is O=Cc1ccc(CCCn2c(O)ccc2O)c(Cl)c1. The monoisotopic (exact) mass is 279 g/mol. The molecule has 4 nitrogen and oxygen atoms in total. The summed E-state index contributed by atoms with van der Waals surface area (Å²) in [6, 6.07) is 8.07. The molecule has 100 valence electrons. The summed E-state index contributed by atoms with van der Waals surface area (Å²) >= 11 is 6.07. The van der Waals surface area contributed by atoms with Gasteiger partial charge in [-0.25, -0.2) is 0 Å². The molecule has 0 radical (unpaired) electrons. The van der Waals surface area contributed by atoms with Crippen molar-refractivity contribution in [3.8, 4) is 11.8 Å². The van der Waals surface area contributed by atoms with Crippen LogP contribution in [0.5, 0.6) is 11.8 Å². The third kappa shape index (κ3) is 3.09. The van der Waals surface area contributed by atoms with Gasteiger partial charge in [0.05, 0.1) is 0 Å². The minimum absolute atomic E-state index is 0.0416. The van der Waals surface area contributed by atoms with E-state index in [2.05, 4.69) is 0 Å². The van der Waals surface area contributed by atoms with E-state index in [9.17, 15) is 15.0 Å². The number of hydrogen-bond donors (Lipinski definition) is 2. The van der Waals surface area contributed by atoms with Crippen LogP contribution in [0.2, 0.25) is 5.02 Å². The third-order valence-electron chi connectivity index (χ3n) is 2.98. The van der Waals surface area contributed by atoms with Crippen molar-refractivity contribution in [3.05, 3.63) is 46.5 Å². The average Bonchev–Trinajstić information content (AvgIpc) is 2.72. The molecule has 0 bridgehead atoms. The van der Waals surface area contributed by atoms with E-state index in [0.29, 0.717) is 23.6 Å². The first-order chi connectivity index (χ1) is 9.11. The van der Waals surface area contributed by atoms with Crippen LogP contribution in [0, 0.1) is 0 Å². The maximum atomic E-state index is 10.6. The zero-order chi connectivity index (χ0) is 13.8. The fourth-order valence-electron chi connectivity index (χ4n) is 1.94. The van der Waals surface area contributed by atoms with Crippen molar-refractivity contribution in [1.29, 1.82) is 0 Å². The van der Waals surface area contributed by atoms with Gasteiger partial charge in [-0.3, -0.25) is 9.36 Å². The minimum Gasteiger partial charge on any atom is -0.494 e. The van der Waals surface area contributed by atoms with Crippen molar-refractivity contribution < 1.29 is 15.0 Å². The Balaban J connectivity index is 1.98. The Bertz CT molecular complexity index is 573. The molecule has 2 N–H and O–H groups in total. The predicted molar refractivity (Wildman–Crippen MR) is 72.9 cm³/mol. The maximum Gasteiger partial charge on any atom is 0.193 e. The second kappa shape index (κ2) is 5.80. The van der Waals surface area contributed by atoms with Crippen molar-refractivity contribution in [1.82, 2.24) is 4.57 Å². The van der Waals surface area contributed by atoms with Crippen LogP contribution in [0.25, 0.3) is 0 Å². The smallest absolute Gasteiger partial charge is 0.193 e. The van der Waals surface area contributed by atoms with E-state index >= 15 is 0 Å². The van der Waals surface area contributed by atoms with Crippen LogP contribution in [0.15, 0.2) is 30.3 Å². The van der Waals surface area contributed by atoms with Crippen LogP contribution in [0.1, 0.15) is 22.3 Å². The summed E-state index contributed by atoms with van der Waals surface area (Å²) in [5.74, 6) is 0.0831. The predicted octanol–water partition coefficient (Wildman–Crippen LogP) is 3.00. The Morgan fingerprint density at radius 3 is 2.42 bits per heavy atom. The van der Waals surface area contributed by atoms with Gasteiger partial charge < -0.3 is 10.2 Å². The molecule has 1 aromatic heterocycles. The molecular weight excluding hydrogens is 266 g/mol. The lowest BCUT2D eigenvalue weighted by atomic mass is 10.1. The van der Waals surface area contributed by atoms with Crippen molar-refractivity contribution in [2.45, 2.75) is 19.4 Å². The van der Waals surface area contributed by atoms with E-state index in [1.807, 2.05) is 6.07 Å². The quantitative estimate of drug-likeness (QED) is 0.827. The summed E-state index contributed by atoms with van der Waals surface area (Å²) in [7, 11) is 0. The van der Waals surface area contributed by atoms with E-state index in [0.717, 1.165) is 18.3 Å². The molecule has 19 heavy (non-hydrogen) atoms. The number of carbonyl (C=O) groups excluding carboxylic acids is 1. The number of hydrogen-bond acceptors (Lipinski definition) is 3. The fraction of sp³-hybridized carbons (Fsp3) is 0.214. The summed E-state index contributed by atoms with van der Waals surface area (Å²) in [5, 5.41) is 19.5. The molecule has 0 aliphatic heterocycles. The zero-order valence-corrected chi connectivity index (χ0v) is 11.0. The second-order valence-corrected chi connectivity index (χ2v) is 4.68. The third-order valence-corrected chi connectivity index (χ3v) is 3.33. The number of aryl methyl sites for hydroxylation is 1. The summed E-state index contributed by atoms with van der Waals surface area (Å²) in [6.45, 7) is 0.496. The van der Waals surface area contributed by atoms with Crippen LogP contribution < -0.4 is 0 Å². The van der Waals surface area contributed by atoms with Gasteiger partial charge >= 0.3 is 0 Å². The Kier molecular flexibility index (Phi) is 4.12. The molecule has 2 aromatic rings. The highest BCUT2D eigenvalue weighted by Crippen LogP contribution is 2.23. The van der Waals surface area contributed by atoms with Crippen molar-refractivity contribution in [3.63, 3.8) is 0 Å². The van der Waals surface area contributed by atoms with E-state index in [-0.39, 0.29) is 11.8 Å². The Hall–Kier alpha value is -1.94. The van der Waals surface area contributed by atoms with E-state index in [4.69, 9.17) is 11.6 Å². The van der Waals surface area contributed by atoms with Gasteiger partial charge in [0.2, 0.25) is 0 Å². The van der Waals surface area contributed by atoms with Crippen LogP contribution in [0.4, 0.5) is 0 Å². The number of halogens is 1. The molecule has 0 amide bonds. The van der Waals surface area contributed by atoms with Gasteiger partial charge in [-0.05, 0) is 24.5 Å². The van der Waals surface area contributed by atoms with Gasteiger partial charge in [0, 0.05) is 29.3 Å². The molecule has 1 aromatic carbocycles. The number of aromatic nitrogens is 1. The molecule has 0 saturated heterocycles. The number of carbonyl (C=O) groups is 1. The molecule has 0 aliphatic rings. The topological polar surface area (TPSA) is 62.5 Å². The molecule has 0 unspecified atom stereocenters. The highest BCUT2D eigenvalue weighted by atomic mass is 35.5. The molecule has 0 atom stereocenters. The fourth-order valence-corrected chi connectivity index (χ4v) is 2.23. The normalized spacial score (nSPS) is 10.6. The van der Waals surface area contributed by atoms with Gasteiger partial charge in [-0.15, -0.1) is 0 Å². The van der Waals surface area contributed by atoms with Gasteiger partial charge in [-0.1, -0.05) is 23.7 Å². The standard InChI is InChI=1S/C14H14ClNO3/c15-12-8-10(9-17)3-4-11(12)2-1-7-16-13(18)5-6-14(16)19/h3-6,8-9,18-19H,1-2,7H2. The first-order valence-electron chi connectivity index (χ1n) is 5.93. The molecule has 0 spiro atoms. The number of benzene rings is 1. The van der Waals surface area contributed by atoms with E-state index in [1.165, 1.54) is 16.7 Å². The largest absolute Gasteiger partial charge is 0.494 e. The second-order valence-electron chi connectivity index (χ2n) is 4.27. The number of rotatable bonds is 5. The van der Waals surface area contributed by atoms with Crippen LogP contribution in [0.3, 0.4) is 0 Å². The lowest BCUT2D eigenvalue weighted by Crippen LogP contribution is -1.99. The van der Waals surface area contributed by atoms with Crippen LogP contribution in [-0.4, -0.2) is 21.1 Å². The van der Waals surface area contributed by atoms with Crippen LogP contribution in [-0.2, 0) is 13.0 Å².